The summed E-state index contributed by atoms with van der Waals surface area (Å²) in [7, 11) is 0. The van der Waals surface area contributed by atoms with Gasteiger partial charge in [0.25, 0.3) is 0 Å². The first-order chi connectivity index (χ1) is 12.2. The SMILES string of the molecule is CC(C)(C)OC(=O)N[C@@H](Cc1ccccc1)C(O)[C@H]1CCC[C@@H]1C(=O)O. The van der Waals surface area contributed by atoms with Gasteiger partial charge in [0.2, 0.25) is 0 Å². The molecule has 3 N–H and O–H groups in total. The Hall–Kier alpha value is -2.08. The minimum atomic E-state index is -0.952. The lowest BCUT2D eigenvalue weighted by Gasteiger charge is -2.31. The molecule has 6 heteroatoms. The molecule has 1 aromatic carbocycles. The summed E-state index contributed by atoms with van der Waals surface area (Å²) < 4.78 is 5.32. The van der Waals surface area contributed by atoms with Crippen molar-refractivity contribution in [2.24, 2.45) is 11.8 Å². The van der Waals surface area contributed by atoms with Crippen molar-refractivity contribution >= 4 is 12.1 Å². The number of nitrogens with one attached hydrogen (secondary N) is 1. The predicted molar refractivity (Wildman–Crippen MR) is 97.8 cm³/mol. The Morgan fingerprint density at radius 2 is 1.88 bits per heavy atom. The molecule has 1 aromatic rings. The zero-order chi connectivity index (χ0) is 19.3. The van der Waals surface area contributed by atoms with Gasteiger partial charge in [0.05, 0.1) is 18.1 Å². The molecule has 1 aliphatic rings. The van der Waals surface area contributed by atoms with Gasteiger partial charge in [-0.1, -0.05) is 36.8 Å². The van der Waals surface area contributed by atoms with Gasteiger partial charge in [-0.05, 0) is 45.6 Å². The second-order valence-corrected chi connectivity index (χ2v) is 7.97. The Morgan fingerprint density at radius 3 is 2.46 bits per heavy atom. The number of hydrogen-bond acceptors (Lipinski definition) is 4. The summed E-state index contributed by atoms with van der Waals surface area (Å²) in [5, 5.41) is 23.1. The summed E-state index contributed by atoms with van der Waals surface area (Å²) in [5.74, 6) is -1.85. The molecule has 1 fully saturated rings. The molecule has 1 unspecified atom stereocenters. The average molecular weight is 363 g/mol. The summed E-state index contributed by atoms with van der Waals surface area (Å²) >= 11 is 0. The quantitative estimate of drug-likeness (QED) is 0.722. The van der Waals surface area contributed by atoms with Crippen LogP contribution in [0, 0.1) is 11.8 Å². The number of ether oxygens (including phenoxy) is 1. The number of benzene rings is 1. The van der Waals surface area contributed by atoms with Crippen molar-refractivity contribution in [1.82, 2.24) is 5.32 Å². The molecule has 6 nitrogen and oxygen atoms in total. The van der Waals surface area contributed by atoms with Gasteiger partial charge in [0, 0.05) is 5.92 Å². The normalized spacial score (nSPS) is 22.5. The smallest absolute Gasteiger partial charge is 0.407 e. The van der Waals surface area contributed by atoms with E-state index in [4.69, 9.17) is 4.74 Å². The van der Waals surface area contributed by atoms with Crippen molar-refractivity contribution in [3.8, 4) is 0 Å². The number of carbonyl (C=O) groups is 2. The fourth-order valence-corrected chi connectivity index (χ4v) is 3.59. The van der Waals surface area contributed by atoms with E-state index in [1.165, 1.54) is 0 Å². The summed E-state index contributed by atoms with van der Waals surface area (Å²) in [5.41, 5.74) is 0.306. The number of carbonyl (C=O) groups excluding carboxylic acids is 1. The molecule has 1 aliphatic carbocycles. The van der Waals surface area contributed by atoms with E-state index >= 15 is 0 Å². The summed E-state index contributed by atoms with van der Waals surface area (Å²) in [4.78, 5) is 23.7. The Morgan fingerprint density at radius 1 is 1.23 bits per heavy atom. The standard InChI is InChI=1S/C20H29NO5/c1-20(2,3)26-19(25)21-16(12-13-8-5-4-6-9-13)17(22)14-10-7-11-15(14)18(23)24/h4-6,8-9,14-17,22H,7,10-12H2,1-3H3,(H,21,25)(H,23,24)/t14-,15-,16-,17?/m0/s1. The lowest BCUT2D eigenvalue weighted by molar-refractivity contribution is -0.144. The molecule has 0 spiro atoms. The molecule has 4 atom stereocenters. The van der Waals surface area contributed by atoms with Crippen LogP contribution in [0.4, 0.5) is 4.79 Å². The zero-order valence-electron chi connectivity index (χ0n) is 15.6. The van der Waals surface area contributed by atoms with Gasteiger partial charge in [-0.2, -0.15) is 0 Å². The molecule has 26 heavy (non-hydrogen) atoms. The van der Waals surface area contributed by atoms with Crippen LogP contribution >= 0.6 is 0 Å². The highest BCUT2D eigenvalue weighted by Gasteiger charge is 2.41. The maximum atomic E-state index is 12.2. The van der Waals surface area contributed by atoms with Crippen molar-refractivity contribution in [1.29, 1.82) is 0 Å². The topological polar surface area (TPSA) is 95.9 Å². The monoisotopic (exact) mass is 363 g/mol. The van der Waals surface area contributed by atoms with E-state index in [0.717, 1.165) is 12.0 Å². The van der Waals surface area contributed by atoms with Gasteiger partial charge in [-0.25, -0.2) is 4.79 Å². The molecule has 0 radical (unpaired) electrons. The van der Waals surface area contributed by atoms with E-state index in [9.17, 15) is 19.8 Å². The zero-order valence-corrected chi connectivity index (χ0v) is 15.6. The number of rotatable bonds is 6. The Kier molecular flexibility index (Phi) is 6.64. The van der Waals surface area contributed by atoms with E-state index < -0.39 is 35.7 Å². The first-order valence-electron chi connectivity index (χ1n) is 9.11. The highest BCUT2D eigenvalue weighted by molar-refractivity contribution is 5.71. The Labute approximate surface area is 154 Å². The average Bonchev–Trinajstić information content (AvgIpc) is 3.02. The number of alkyl carbamates (subject to hydrolysis) is 1. The third kappa shape index (κ3) is 5.73. The van der Waals surface area contributed by atoms with Crippen LogP contribution in [0.1, 0.15) is 45.6 Å². The fourth-order valence-electron chi connectivity index (χ4n) is 3.59. The van der Waals surface area contributed by atoms with Gasteiger partial charge < -0.3 is 20.3 Å². The van der Waals surface area contributed by atoms with E-state index in [1.807, 2.05) is 30.3 Å². The van der Waals surface area contributed by atoms with E-state index in [1.54, 1.807) is 20.8 Å². The number of aliphatic carboxylic acids is 1. The highest BCUT2D eigenvalue weighted by Crippen LogP contribution is 2.36. The number of aliphatic hydroxyl groups is 1. The van der Waals surface area contributed by atoms with Crippen molar-refractivity contribution in [2.45, 2.75) is 64.2 Å². The molecule has 0 heterocycles. The van der Waals surface area contributed by atoms with Crippen molar-refractivity contribution in [3.63, 3.8) is 0 Å². The third-order valence-corrected chi connectivity index (χ3v) is 4.74. The van der Waals surface area contributed by atoms with Crippen molar-refractivity contribution < 1.29 is 24.5 Å². The second kappa shape index (κ2) is 8.54. The van der Waals surface area contributed by atoms with Crippen LogP contribution in [0.5, 0.6) is 0 Å². The third-order valence-electron chi connectivity index (χ3n) is 4.74. The summed E-state index contributed by atoms with van der Waals surface area (Å²) in [6, 6.07) is 8.90. The van der Waals surface area contributed by atoms with Gasteiger partial charge >= 0.3 is 12.1 Å². The predicted octanol–water partition coefficient (Wildman–Crippen LogP) is 2.98. The van der Waals surface area contributed by atoms with Gasteiger partial charge in [0.15, 0.2) is 0 Å². The first kappa shape index (κ1) is 20.2. The molecule has 0 bridgehead atoms. The number of amides is 1. The molecule has 0 saturated heterocycles. The molecule has 144 valence electrons. The minimum absolute atomic E-state index is 0.379. The lowest BCUT2D eigenvalue weighted by Crippen LogP contribution is -2.50. The van der Waals surface area contributed by atoms with Crippen LogP contribution in [0.3, 0.4) is 0 Å². The molecule has 2 rings (SSSR count). The number of carboxylic acids is 1. The molecule has 1 amide bonds. The maximum Gasteiger partial charge on any atom is 0.407 e. The highest BCUT2D eigenvalue weighted by atomic mass is 16.6. The molecular weight excluding hydrogens is 334 g/mol. The second-order valence-electron chi connectivity index (χ2n) is 7.97. The molecule has 1 saturated carbocycles. The largest absolute Gasteiger partial charge is 0.481 e. The fraction of sp³-hybridized carbons (Fsp3) is 0.600. The van der Waals surface area contributed by atoms with Crippen molar-refractivity contribution in [2.75, 3.05) is 0 Å². The number of carboxylic acid groups (broad SMARTS) is 1. The van der Waals surface area contributed by atoms with Crippen LogP contribution in [0.2, 0.25) is 0 Å². The number of aliphatic hydroxyl groups excluding tert-OH is 1. The van der Waals surface area contributed by atoms with Gasteiger partial charge in [-0.3, -0.25) is 4.79 Å². The van der Waals surface area contributed by atoms with Crippen LogP contribution in [-0.2, 0) is 16.0 Å². The van der Waals surface area contributed by atoms with Crippen LogP contribution in [0.15, 0.2) is 30.3 Å². The summed E-state index contributed by atoms with van der Waals surface area (Å²) in [6.07, 6.45) is 0.808. The van der Waals surface area contributed by atoms with Gasteiger partial charge in [0.1, 0.15) is 5.60 Å². The Balaban J connectivity index is 2.16. The minimum Gasteiger partial charge on any atom is -0.481 e. The van der Waals surface area contributed by atoms with E-state index in [2.05, 4.69) is 5.32 Å². The molecular formula is C20H29NO5. The lowest BCUT2D eigenvalue weighted by atomic mass is 9.85. The molecule has 0 aliphatic heterocycles. The maximum absolute atomic E-state index is 12.2. The van der Waals surface area contributed by atoms with Crippen LogP contribution < -0.4 is 5.32 Å². The summed E-state index contributed by atoms with van der Waals surface area (Å²) in [6.45, 7) is 5.31. The van der Waals surface area contributed by atoms with Crippen molar-refractivity contribution in [3.05, 3.63) is 35.9 Å². The van der Waals surface area contributed by atoms with Crippen LogP contribution in [0.25, 0.3) is 0 Å². The van der Waals surface area contributed by atoms with Gasteiger partial charge in [-0.15, -0.1) is 0 Å². The first-order valence-corrected chi connectivity index (χ1v) is 9.11. The van der Waals surface area contributed by atoms with E-state index in [0.29, 0.717) is 19.3 Å². The van der Waals surface area contributed by atoms with E-state index in [-0.39, 0.29) is 5.92 Å². The number of hydrogen-bond donors (Lipinski definition) is 3. The van der Waals surface area contributed by atoms with Crippen LogP contribution in [-0.4, -0.2) is 40.0 Å². The molecule has 0 aromatic heterocycles. The Bertz CT molecular complexity index is 610.